The summed E-state index contributed by atoms with van der Waals surface area (Å²) in [7, 11) is 0. The first-order valence-electron chi connectivity index (χ1n) is 6.65. The maximum absolute atomic E-state index is 3.74. The molecular weight excluding hydrogens is 206 g/mol. The molecule has 0 radical (unpaired) electrons. The molecule has 0 heterocycles. The third kappa shape index (κ3) is 5.69. The normalized spacial score (nSPS) is 12.4. The van der Waals surface area contributed by atoms with Crippen LogP contribution < -0.4 is 5.32 Å². The summed E-state index contributed by atoms with van der Waals surface area (Å²) in [5, 5.41) is 3.58. The third-order valence-corrected chi connectivity index (χ3v) is 3.08. The number of allylic oxidation sites excluding steroid dienone is 1. The van der Waals surface area contributed by atoms with Gasteiger partial charge in [0, 0.05) is 6.04 Å². The van der Waals surface area contributed by atoms with Crippen LogP contribution in [-0.2, 0) is 0 Å². The molecule has 0 unspecified atom stereocenters. The Morgan fingerprint density at radius 2 is 2.12 bits per heavy atom. The van der Waals surface area contributed by atoms with Gasteiger partial charge in [0.1, 0.15) is 0 Å². The number of hydrogen-bond acceptors (Lipinski definition) is 1. The molecule has 1 aromatic carbocycles. The second kappa shape index (κ2) is 8.08. The molecule has 0 aromatic heterocycles. The first-order chi connectivity index (χ1) is 8.24. The average Bonchev–Trinajstić information content (AvgIpc) is 2.33. The fourth-order valence-corrected chi connectivity index (χ4v) is 1.97. The topological polar surface area (TPSA) is 12.0 Å². The van der Waals surface area contributed by atoms with Crippen LogP contribution in [0.1, 0.15) is 49.8 Å². The minimum atomic E-state index is 0.453. The van der Waals surface area contributed by atoms with E-state index in [1.807, 2.05) is 6.08 Å². The summed E-state index contributed by atoms with van der Waals surface area (Å²) in [6, 6.07) is 9.19. The predicted molar refractivity (Wildman–Crippen MR) is 76.3 cm³/mol. The van der Waals surface area contributed by atoms with E-state index in [4.69, 9.17) is 0 Å². The van der Waals surface area contributed by atoms with Crippen molar-refractivity contribution in [2.75, 3.05) is 6.54 Å². The molecular formula is C16H25N. The van der Waals surface area contributed by atoms with Gasteiger partial charge in [0.2, 0.25) is 0 Å². The van der Waals surface area contributed by atoms with E-state index >= 15 is 0 Å². The minimum absolute atomic E-state index is 0.453. The predicted octanol–water partition coefficient (Wildman–Crippen LogP) is 4.39. The van der Waals surface area contributed by atoms with E-state index in [1.165, 1.54) is 30.4 Å². The Balaban J connectivity index is 2.21. The van der Waals surface area contributed by atoms with Gasteiger partial charge in [-0.1, -0.05) is 42.3 Å². The van der Waals surface area contributed by atoms with Crippen LogP contribution in [0.3, 0.4) is 0 Å². The van der Waals surface area contributed by atoms with Crippen molar-refractivity contribution in [2.24, 2.45) is 0 Å². The Morgan fingerprint density at radius 3 is 2.82 bits per heavy atom. The van der Waals surface area contributed by atoms with Crippen LogP contribution in [0.4, 0.5) is 0 Å². The second-order valence-electron chi connectivity index (χ2n) is 4.73. The zero-order valence-electron chi connectivity index (χ0n) is 11.2. The Bertz CT molecular complexity index is 330. The quantitative estimate of drug-likeness (QED) is 0.517. The van der Waals surface area contributed by atoms with Gasteiger partial charge in [-0.2, -0.15) is 0 Å². The van der Waals surface area contributed by atoms with Crippen LogP contribution in [0.25, 0.3) is 0 Å². The number of unbranched alkanes of at least 4 members (excludes halogenated alkanes) is 3. The second-order valence-corrected chi connectivity index (χ2v) is 4.73. The molecule has 94 valence electrons. The van der Waals surface area contributed by atoms with E-state index in [0.717, 1.165) is 13.0 Å². The Morgan fingerprint density at radius 1 is 1.29 bits per heavy atom. The molecule has 1 rings (SSSR count). The van der Waals surface area contributed by atoms with E-state index < -0.39 is 0 Å². The van der Waals surface area contributed by atoms with Crippen molar-refractivity contribution in [1.82, 2.24) is 5.32 Å². The van der Waals surface area contributed by atoms with Gasteiger partial charge in [0.25, 0.3) is 0 Å². The zero-order chi connectivity index (χ0) is 12.5. The van der Waals surface area contributed by atoms with Crippen LogP contribution in [0, 0.1) is 6.92 Å². The van der Waals surface area contributed by atoms with Gasteiger partial charge in [0.15, 0.2) is 0 Å². The molecule has 1 N–H and O–H groups in total. The highest BCUT2D eigenvalue weighted by Crippen LogP contribution is 2.13. The van der Waals surface area contributed by atoms with Crippen LogP contribution in [0.2, 0.25) is 0 Å². The summed E-state index contributed by atoms with van der Waals surface area (Å²) >= 11 is 0. The van der Waals surface area contributed by atoms with Gasteiger partial charge >= 0.3 is 0 Å². The summed E-state index contributed by atoms with van der Waals surface area (Å²) in [6.07, 6.45) is 6.96. The third-order valence-electron chi connectivity index (χ3n) is 3.08. The number of nitrogens with one attached hydrogen (secondary N) is 1. The Kier molecular flexibility index (Phi) is 6.64. The van der Waals surface area contributed by atoms with Gasteiger partial charge < -0.3 is 5.32 Å². The molecule has 1 aromatic rings. The highest BCUT2D eigenvalue weighted by molar-refractivity contribution is 5.24. The van der Waals surface area contributed by atoms with E-state index in [1.54, 1.807) is 0 Å². The van der Waals surface area contributed by atoms with Crippen molar-refractivity contribution in [3.8, 4) is 0 Å². The maximum atomic E-state index is 3.74. The molecule has 1 nitrogen and oxygen atoms in total. The fraction of sp³-hybridized carbons (Fsp3) is 0.500. The molecule has 0 spiro atoms. The average molecular weight is 231 g/mol. The van der Waals surface area contributed by atoms with Gasteiger partial charge in [-0.15, -0.1) is 6.58 Å². The van der Waals surface area contributed by atoms with Crippen molar-refractivity contribution < 1.29 is 0 Å². The Hall–Kier alpha value is -1.08. The van der Waals surface area contributed by atoms with Gasteiger partial charge in [-0.25, -0.2) is 0 Å². The van der Waals surface area contributed by atoms with Gasteiger partial charge in [0.05, 0.1) is 0 Å². The summed E-state index contributed by atoms with van der Waals surface area (Å²) in [5.74, 6) is 0. The molecule has 0 aliphatic heterocycles. The van der Waals surface area contributed by atoms with Crippen LogP contribution >= 0.6 is 0 Å². The highest BCUT2D eigenvalue weighted by Gasteiger charge is 2.03. The smallest absolute Gasteiger partial charge is 0.0291 e. The van der Waals surface area contributed by atoms with Crippen molar-refractivity contribution in [3.05, 3.63) is 48.0 Å². The number of aryl methyl sites for hydroxylation is 1. The molecule has 17 heavy (non-hydrogen) atoms. The van der Waals surface area contributed by atoms with Gasteiger partial charge in [-0.3, -0.25) is 0 Å². The number of hydrogen-bond donors (Lipinski definition) is 1. The molecule has 0 saturated carbocycles. The molecule has 0 amide bonds. The standard InChI is InChI=1S/C16H25N/c1-4-5-6-7-8-12-17-15(3)16-11-9-10-14(2)13-16/h4,9-11,13,15,17H,1,5-8,12H2,2-3H3/t15-/m0/s1. The molecule has 0 aliphatic carbocycles. The lowest BCUT2D eigenvalue weighted by molar-refractivity contribution is 0.539. The molecule has 1 heteroatoms. The van der Waals surface area contributed by atoms with E-state index in [9.17, 15) is 0 Å². The lowest BCUT2D eigenvalue weighted by atomic mass is 10.1. The fourth-order valence-electron chi connectivity index (χ4n) is 1.97. The van der Waals surface area contributed by atoms with E-state index in [2.05, 4.69) is 50.0 Å². The van der Waals surface area contributed by atoms with E-state index in [-0.39, 0.29) is 0 Å². The first-order valence-corrected chi connectivity index (χ1v) is 6.65. The van der Waals surface area contributed by atoms with Crippen molar-refractivity contribution in [3.63, 3.8) is 0 Å². The number of benzene rings is 1. The summed E-state index contributed by atoms with van der Waals surface area (Å²) in [4.78, 5) is 0. The molecule has 0 saturated heterocycles. The summed E-state index contributed by atoms with van der Waals surface area (Å²) in [5.41, 5.74) is 2.72. The zero-order valence-corrected chi connectivity index (χ0v) is 11.2. The lowest BCUT2D eigenvalue weighted by Crippen LogP contribution is -2.19. The summed E-state index contributed by atoms with van der Waals surface area (Å²) < 4.78 is 0. The van der Waals surface area contributed by atoms with Crippen molar-refractivity contribution >= 4 is 0 Å². The summed E-state index contributed by atoms with van der Waals surface area (Å²) in [6.45, 7) is 9.22. The van der Waals surface area contributed by atoms with Crippen LogP contribution in [0.5, 0.6) is 0 Å². The van der Waals surface area contributed by atoms with Crippen molar-refractivity contribution in [2.45, 2.75) is 45.6 Å². The highest BCUT2D eigenvalue weighted by atomic mass is 14.9. The van der Waals surface area contributed by atoms with Crippen LogP contribution in [-0.4, -0.2) is 6.54 Å². The number of rotatable bonds is 8. The van der Waals surface area contributed by atoms with E-state index in [0.29, 0.717) is 6.04 Å². The molecule has 0 fully saturated rings. The van der Waals surface area contributed by atoms with Crippen LogP contribution in [0.15, 0.2) is 36.9 Å². The first kappa shape index (κ1) is 14.0. The SMILES string of the molecule is C=CCCCCCN[C@@H](C)c1cccc(C)c1. The Labute approximate surface area is 106 Å². The minimum Gasteiger partial charge on any atom is -0.310 e. The molecule has 1 atom stereocenters. The molecule has 0 aliphatic rings. The lowest BCUT2D eigenvalue weighted by Gasteiger charge is -2.14. The maximum Gasteiger partial charge on any atom is 0.0291 e. The van der Waals surface area contributed by atoms with Crippen molar-refractivity contribution in [1.29, 1.82) is 0 Å². The largest absolute Gasteiger partial charge is 0.310 e. The molecule has 0 bridgehead atoms. The monoisotopic (exact) mass is 231 g/mol. The van der Waals surface area contributed by atoms with Gasteiger partial charge in [-0.05, 0) is 45.2 Å².